The van der Waals surface area contributed by atoms with E-state index in [-0.39, 0.29) is 23.5 Å². The molecule has 2 aromatic carbocycles. The molecule has 0 saturated carbocycles. The molecule has 178 valence electrons. The van der Waals surface area contributed by atoms with Crippen LogP contribution in [-0.4, -0.2) is 49.9 Å². The van der Waals surface area contributed by atoms with Crippen LogP contribution in [0.1, 0.15) is 39.3 Å². The number of nitrogens with one attached hydrogen (secondary N) is 2. The number of rotatable bonds is 5. The van der Waals surface area contributed by atoms with Crippen molar-refractivity contribution in [2.75, 3.05) is 27.3 Å². The molecular formula is C25H27N3O6. The summed E-state index contributed by atoms with van der Waals surface area (Å²) in [5.74, 6) is -0.0417. The first-order chi connectivity index (χ1) is 16.4. The fourth-order valence-electron chi connectivity index (χ4n) is 4.13. The van der Waals surface area contributed by atoms with E-state index in [1.54, 1.807) is 36.1 Å². The van der Waals surface area contributed by atoms with Crippen LogP contribution in [0.4, 0.5) is 0 Å². The highest BCUT2D eigenvalue weighted by Gasteiger charge is 2.29. The number of para-hydroxylation sites is 1. The van der Waals surface area contributed by atoms with Gasteiger partial charge in [0, 0.05) is 41.6 Å². The molecule has 1 aliphatic heterocycles. The summed E-state index contributed by atoms with van der Waals surface area (Å²) in [6.45, 7) is 2.65. The van der Waals surface area contributed by atoms with E-state index in [0.717, 1.165) is 5.39 Å². The summed E-state index contributed by atoms with van der Waals surface area (Å²) in [4.78, 5) is 39.8. The van der Waals surface area contributed by atoms with Gasteiger partial charge in [-0.3, -0.25) is 25.2 Å². The number of carbonyl (C=O) groups excluding carboxylic acids is 3. The number of hydrazine groups is 1. The van der Waals surface area contributed by atoms with Crippen molar-refractivity contribution in [3.63, 3.8) is 0 Å². The molecule has 1 saturated heterocycles. The van der Waals surface area contributed by atoms with Gasteiger partial charge in [0.25, 0.3) is 5.91 Å². The van der Waals surface area contributed by atoms with Crippen molar-refractivity contribution >= 4 is 28.7 Å². The number of hydrogen-bond acceptors (Lipinski definition) is 6. The van der Waals surface area contributed by atoms with Gasteiger partial charge in [-0.15, -0.1) is 0 Å². The summed E-state index contributed by atoms with van der Waals surface area (Å²) < 4.78 is 16.1. The summed E-state index contributed by atoms with van der Waals surface area (Å²) in [5.41, 5.74) is 6.73. The van der Waals surface area contributed by atoms with Gasteiger partial charge in [-0.1, -0.05) is 18.2 Å². The number of carbonyl (C=O) groups is 3. The highest BCUT2D eigenvalue weighted by Crippen LogP contribution is 2.26. The quantitative estimate of drug-likeness (QED) is 0.561. The average Bonchev–Trinajstić information content (AvgIpc) is 3.22. The van der Waals surface area contributed by atoms with Gasteiger partial charge in [-0.05, 0) is 38.0 Å². The number of aryl methyl sites for hydroxylation is 1. The SMILES string of the molecule is COc1cc(OC)cc(C(=O)N2CCC(C(=O)NNC(=O)c3oc4ccccc4c3C)CC2)c1. The fraction of sp³-hybridized carbons (Fsp3) is 0.320. The Morgan fingerprint density at radius 1 is 0.971 bits per heavy atom. The Labute approximate surface area is 197 Å². The topological polar surface area (TPSA) is 110 Å². The molecule has 4 rings (SSSR count). The van der Waals surface area contributed by atoms with Crippen LogP contribution >= 0.6 is 0 Å². The van der Waals surface area contributed by atoms with Gasteiger partial charge in [0.2, 0.25) is 5.91 Å². The monoisotopic (exact) mass is 465 g/mol. The molecule has 0 spiro atoms. The Balaban J connectivity index is 1.31. The molecule has 0 bridgehead atoms. The third-order valence-electron chi connectivity index (χ3n) is 6.10. The summed E-state index contributed by atoms with van der Waals surface area (Å²) in [6.07, 6.45) is 0.969. The van der Waals surface area contributed by atoms with Crippen LogP contribution in [0.15, 0.2) is 46.9 Å². The van der Waals surface area contributed by atoms with E-state index in [1.165, 1.54) is 14.2 Å². The zero-order valence-electron chi connectivity index (χ0n) is 19.3. The zero-order valence-corrected chi connectivity index (χ0v) is 19.3. The number of methoxy groups -OCH3 is 2. The first kappa shape index (κ1) is 23.2. The van der Waals surface area contributed by atoms with E-state index in [4.69, 9.17) is 13.9 Å². The molecule has 2 N–H and O–H groups in total. The maximum Gasteiger partial charge on any atom is 0.305 e. The molecule has 0 unspecified atom stereocenters. The molecule has 0 radical (unpaired) electrons. The molecule has 1 fully saturated rings. The van der Waals surface area contributed by atoms with Crippen molar-refractivity contribution < 1.29 is 28.3 Å². The smallest absolute Gasteiger partial charge is 0.305 e. The Morgan fingerprint density at radius 3 is 2.24 bits per heavy atom. The van der Waals surface area contributed by atoms with E-state index in [0.29, 0.717) is 54.1 Å². The molecule has 1 aliphatic rings. The fourth-order valence-corrected chi connectivity index (χ4v) is 4.13. The molecule has 34 heavy (non-hydrogen) atoms. The van der Waals surface area contributed by atoms with Crippen LogP contribution in [0.5, 0.6) is 11.5 Å². The number of benzene rings is 2. The summed E-state index contributed by atoms with van der Waals surface area (Å²) in [5, 5.41) is 0.852. The van der Waals surface area contributed by atoms with E-state index in [2.05, 4.69) is 10.9 Å². The summed E-state index contributed by atoms with van der Waals surface area (Å²) in [7, 11) is 3.06. The van der Waals surface area contributed by atoms with Crippen LogP contribution in [0.2, 0.25) is 0 Å². The number of likely N-dealkylation sites (tertiary alicyclic amines) is 1. The molecule has 9 heteroatoms. The maximum atomic E-state index is 12.9. The maximum absolute atomic E-state index is 12.9. The van der Waals surface area contributed by atoms with Gasteiger partial charge in [-0.25, -0.2) is 0 Å². The molecule has 9 nitrogen and oxygen atoms in total. The van der Waals surface area contributed by atoms with Crippen LogP contribution in [0.3, 0.4) is 0 Å². The Kier molecular flexibility index (Phi) is 6.72. The Morgan fingerprint density at radius 2 is 1.62 bits per heavy atom. The summed E-state index contributed by atoms with van der Waals surface area (Å²) in [6, 6.07) is 12.4. The van der Waals surface area contributed by atoms with Gasteiger partial charge in [0.1, 0.15) is 17.1 Å². The van der Waals surface area contributed by atoms with Gasteiger partial charge in [0.15, 0.2) is 5.76 Å². The minimum absolute atomic E-state index is 0.148. The van der Waals surface area contributed by atoms with Crippen LogP contribution in [0, 0.1) is 12.8 Å². The Hall–Kier alpha value is -4.01. The van der Waals surface area contributed by atoms with Crippen LogP contribution in [0.25, 0.3) is 11.0 Å². The number of fused-ring (bicyclic) bond motifs is 1. The molecule has 0 atom stereocenters. The average molecular weight is 466 g/mol. The van der Waals surface area contributed by atoms with Crippen LogP contribution in [-0.2, 0) is 4.79 Å². The van der Waals surface area contributed by atoms with Gasteiger partial charge < -0.3 is 18.8 Å². The minimum Gasteiger partial charge on any atom is -0.497 e. The lowest BCUT2D eigenvalue weighted by Gasteiger charge is -2.31. The Bertz CT molecular complexity index is 1200. The zero-order chi connectivity index (χ0) is 24.2. The molecule has 3 aromatic rings. The molecule has 0 aliphatic carbocycles. The lowest BCUT2D eigenvalue weighted by molar-refractivity contribution is -0.127. The standard InChI is InChI=1S/C25H27N3O6/c1-15-20-6-4-5-7-21(20)34-22(15)24(30)27-26-23(29)16-8-10-28(11-9-16)25(31)17-12-18(32-2)14-19(13-17)33-3/h4-7,12-14,16H,8-11H2,1-3H3,(H,26,29)(H,27,30). The number of amides is 3. The predicted molar refractivity (Wildman–Crippen MR) is 125 cm³/mol. The molecule has 2 heterocycles. The molecular weight excluding hydrogens is 438 g/mol. The van der Waals surface area contributed by atoms with E-state index < -0.39 is 5.91 Å². The summed E-state index contributed by atoms with van der Waals surface area (Å²) >= 11 is 0. The van der Waals surface area contributed by atoms with Gasteiger partial charge in [-0.2, -0.15) is 0 Å². The van der Waals surface area contributed by atoms with Crippen molar-refractivity contribution in [2.45, 2.75) is 19.8 Å². The second-order valence-electron chi connectivity index (χ2n) is 8.16. The minimum atomic E-state index is -0.512. The van der Waals surface area contributed by atoms with E-state index >= 15 is 0 Å². The first-order valence-corrected chi connectivity index (χ1v) is 11.0. The third kappa shape index (κ3) is 4.68. The number of piperidine rings is 1. The van der Waals surface area contributed by atoms with Crippen molar-refractivity contribution in [2.24, 2.45) is 5.92 Å². The first-order valence-electron chi connectivity index (χ1n) is 11.0. The van der Waals surface area contributed by atoms with Crippen molar-refractivity contribution in [3.8, 4) is 11.5 Å². The number of ether oxygens (including phenoxy) is 2. The lowest BCUT2D eigenvalue weighted by atomic mass is 9.95. The lowest BCUT2D eigenvalue weighted by Crippen LogP contribution is -2.48. The van der Waals surface area contributed by atoms with E-state index in [1.807, 2.05) is 18.2 Å². The van der Waals surface area contributed by atoms with Crippen molar-refractivity contribution in [3.05, 3.63) is 59.4 Å². The molecule has 1 aromatic heterocycles. The number of furan rings is 1. The highest BCUT2D eigenvalue weighted by molar-refractivity contribution is 5.99. The molecule has 3 amide bonds. The highest BCUT2D eigenvalue weighted by atomic mass is 16.5. The second kappa shape index (κ2) is 9.86. The largest absolute Gasteiger partial charge is 0.497 e. The van der Waals surface area contributed by atoms with Crippen molar-refractivity contribution in [1.29, 1.82) is 0 Å². The number of hydrogen-bond donors (Lipinski definition) is 2. The van der Waals surface area contributed by atoms with Gasteiger partial charge in [0.05, 0.1) is 14.2 Å². The van der Waals surface area contributed by atoms with E-state index in [9.17, 15) is 14.4 Å². The predicted octanol–water partition coefficient (Wildman–Crippen LogP) is 3.07. The second-order valence-corrected chi connectivity index (χ2v) is 8.16. The number of nitrogens with zero attached hydrogens (tertiary/aromatic N) is 1. The van der Waals surface area contributed by atoms with Gasteiger partial charge >= 0.3 is 5.91 Å². The van der Waals surface area contributed by atoms with Crippen molar-refractivity contribution in [1.82, 2.24) is 15.8 Å². The third-order valence-corrected chi connectivity index (χ3v) is 6.10. The van der Waals surface area contributed by atoms with Crippen LogP contribution < -0.4 is 20.3 Å². The normalized spacial score (nSPS) is 14.0.